The number of allylic oxidation sites excluding steroid dienone is 1. The molecule has 1 aromatic heterocycles. The Morgan fingerprint density at radius 2 is 2.08 bits per heavy atom. The van der Waals surface area contributed by atoms with Crippen LogP contribution in [0.5, 0.6) is 0 Å². The summed E-state index contributed by atoms with van der Waals surface area (Å²) in [7, 11) is 0. The minimum absolute atomic E-state index is 0.140. The van der Waals surface area contributed by atoms with E-state index in [1.165, 1.54) is 6.07 Å². The third kappa shape index (κ3) is 4.02. The van der Waals surface area contributed by atoms with Crippen LogP contribution in [0.4, 0.5) is 8.78 Å². The Kier molecular flexibility index (Phi) is 5.07. The maximum Gasteiger partial charge on any atom is 0.161 e. The van der Waals surface area contributed by atoms with Crippen LogP contribution in [0, 0.1) is 24.5 Å². The number of aliphatic imine (C=N–C) groups is 2. The molecule has 0 aliphatic heterocycles. The van der Waals surface area contributed by atoms with Gasteiger partial charge in [0.1, 0.15) is 5.82 Å². The monoisotopic (exact) mass is 340 g/mol. The van der Waals surface area contributed by atoms with Crippen molar-refractivity contribution < 1.29 is 8.78 Å². The molecule has 2 unspecified atom stereocenters. The summed E-state index contributed by atoms with van der Waals surface area (Å²) in [4.78, 5) is 16.4. The van der Waals surface area contributed by atoms with Gasteiger partial charge in [-0.3, -0.25) is 9.98 Å². The Balaban J connectivity index is 1.71. The van der Waals surface area contributed by atoms with Crippen LogP contribution in [0.15, 0.2) is 52.4 Å². The maximum absolute atomic E-state index is 13.6. The van der Waals surface area contributed by atoms with Gasteiger partial charge in [-0.1, -0.05) is 6.07 Å². The number of halogens is 2. The van der Waals surface area contributed by atoms with Crippen molar-refractivity contribution in [1.29, 1.82) is 0 Å². The second-order valence-electron chi connectivity index (χ2n) is 6.03. The average molecular weight is 340 g/mol. The van der Waals surface area contributed by atoms with Crippen LogP contribution in [0.3, 0.4) is 0 Å². The molecular formula is C19H18F2N4. The molecule has 1 saturated carbocycles. The van der Waals surface area contributed by atoms with Crippen molar-refractivity contribution in [2.75, 3.05) is 0 Å². The molecule has 1 aliphatic rings. The fourth-order valence-electron chi connectivity index (χ4n) is 2.87. The highest BCUT2D eigenvalue weighted by Crippen LogP contribution is 2.51. The minimum Gasteiger partial charge on any atom is -0.285 e. The van der Waals surface area contributed by atoms with Gasteiger partial charge in [0.25, 0.3) is 0 Å². The molecular weight excluding hydrogens is 322 g/mol. The predicted octanol–water partition coefficient (Wildman–Crippen LogP) is 4.02. The molecule has 1 heterocycles. The van der Waals surface area contributed by atoms with Crippen molar-refractivity contribution in [1.82, 2.24) is 9.97 Å². The van der Waals surface area contributed by atoms with E-state index in [4.69, 9.17) is 0 Å². The first-order valence-corrected chi connectivity index (χ1v) is 7.97. The Bertz CT molecular complexity index is 808. The topological polar surface area (TPSA) is 50.5 Å². The normalized spacial score (nSPS) is 20.0. The summed E-state index contributed by atoms with van der Waals surface area (Å²) < 4.78 is 27.1. The molecule has 0 N–H and O–H groups in total. The Morgan fingerprint density at radius 3 is 2.76 bits per heavy atom. The molecule has 25 heavy (non-hydrogen) atoms. The van der Waals surface area contributed by atoms with Crippen LogP contribution >= 0.6 is 0 Å². The average Bonchev–Trinajstić information content (AvgIpc) is 3.40. The maximum atomic E-state index is 13.6. The quantitative estimate of drug-likeness (QED) is 0.746. The van der Waals surface area contributed by atoms with Gasteiger partial charge in [-0.25, -0.2) is 18.7 Å². The highest BCUT2D eigenvalue weighted by atomic mass is 19.2. The van der Waals surface area contributed by atoms with Crippen LogP contribution in [-0.4, -0.2) is 22.9 Å². The minimum atomic E-state index is -0.803. The SMILES string of the molecule is C=N/C=C(\C=NCc1ncccn1)C1CC1c1cc(C)c(F)c(F)c1. The van der Waals surface area contributed by atoms with Crippen molar-refractivity contribution in [2.24, 2.45) is 15.9 Å². The van der Waals surface area contributed by atoms with E-state index in [9.17, 15) is 8.78 Å². The molecule has 0 radical (unpaired) electrons. The lowest BCUT2D eigenvalue weighted by atomic mass is 10.0. The zero-order valence-electron chi connectivity index (χ0n) is 13.9. The fraction of sp³-hybridized carbons (Fsp3) is 0.263. The molecule has 0 amide bonds. The van der Waals surface area contributed by atoms with Crippen molar-refractivity contribution in [2.45, 2.75) is 25.8 Å². The first-order valence-electron chi connectivity index (χ1n) is 7.97. The lowest BCUT2D eigenvalue weighted by molar-refractivity contribution is 0.501. The molecule has 1 aromatic carbocycles. The summed E-state index contributed by atoms with van der Waals surface area (Å²) in [5.41, 5.74) is 2.04. The largest absolute Gasteiger partial charge is 0.285 e. The van der Waals surface area contributed by atoms with Crippen molar-refractivity contribution >= 4 is 12.9 Å². The number of hydrogen-bond donors (Lipinski definition) is 0. The van der Waals surface area contributed by atoms with Gasteiger partial charge in [-0.2, -0.15) is 0 Å². The molecule has 2 aromatic rings. The van der Waals surface area contributed by atoms with Crippen molar-refractivity contribution in [3.8, 4) is 0 Å². The summed E-state index contributed by atoms with van der Waals surface area (Å²) in [5, 5.41) is 0. The highest BCUT2D eigenvalue weighted by molar-refractivity contribution is 5.80. The number of rotatable bonds is 6. The molecule has 6 heteroatoms. The molecule has 0 spiro atoms. The van der Waals surface area contributed by atoms with Gasteiger partial charge in [0, 0.05) is 24.8 Å². The molecule has 128 valence electrons. The standard InChI is InChI=1S/C19H18F2N4/c1-12-6-13(7-17(20)19(12)21)15-8-16(15)14(9-22-2)10-23-11-18-24-4-3-5-25-18/h3-7,9-10,15-16H,2,8,11H2,1H3/b14-9+,23-10?. The van der Waals surface area contributed by atoms with Crippen LogP contribution in [0.25, 0.3) is 0 Å². The molecule has 1 aliphatic carbocycles. The van der Waals surface area contributed by atoms with Gasteiger partial charge in [0.2, 0.25) is 0 Å². The third-order valence-electron chi connectivity index (χ3n) is 4.21. The molecule has 0 bridgehead atoms. The summed E-state index contributed by atoms with van der Waals surface area (Å²) in [6.07, 6.45) is 7.58. The predicted molar refractivity (Wildman–Crippen MR) is 93.8 cm³/mol. The molecule has 4 nitrogen and oxygen atoms in total. The fourth-order valence-corrected chi connectivity index (χ4v) is 2.87. The van der Waals surface area contributed by atoms with E-state index in [1.807, 2.05) is 0 Å². The van der Waals surface area contributed by atoms with E-state index in [2.05, 4.69) is 26.7 Å². The van der Waals surface area contributed by atoms with E-state index in [-0.39, 0.29) is 11.8 Å². The Morgan fingerprint density at radius 1 is 1.32 bits per heavy atom. The number of aryl methyl sites for hydroxylation is 1. The number of hydrogen-bond acceptors (Lipinski definition) is 4. The van der Waals surface area contributed by atoms with Crippen LogP contribution < -0.4 is 0 Å². The molecule has 0 saturated heterocycles. The van der Waals surface area contributed by atoms with Gasteiger partial charge in [-0.05, 0) is 60.7 Å². The van der Waals surface area contributed by atoms with Crippen LogP contribution in [-0.2, 0) is 6.54 Å². The number of aromatic nitrogens is 2. The summed E-state index contributed by atoms with van der Waals surface area (Å²) in [6, 6.07) is 4.73. The number of nitrogens with zero attached hydrogens (tertiary/aromatic N) is 4. The van der Waals surface area contributed by atoms with Crippen LogP contribution in [0.2, 0.25) is 0 Å². The lowest BCUT2D eigenvalue weighted by Gasteiger charge is -2.05. The third-order valence-corrected chi connectivity index (χ3v) is 4.21. The zero-order chi connectivity index (χ0) is 17.8. The van der Waals surface area contributed by atoms with E-state index in [0.717, 1.165) is 17.6 Å². The Labute approximate surface area is 145 Å². The zero-order valence-corrected chi connectivity index (χ0v) is 13.9. The van der Waals surface area contributed by atoms with E-state index < -0.39 is 11.6 Å². The first-order chi connectivity index (χ1) is 12.1. The molecule has 2 atom stereocenters. The van der Waals surface area contributed by atoms with E-state index in [0.29, 0.717) is 17.9 Å². The smallest absolute Gasteiger partial charge is 0.161 e. The molecule has 1 fully saturated rings. The first kappa shape index (κ1) is 17.1. The van der Waals surface area contributed by atoms with Gasteiger partial charge in [0.15, 0.2) is 11.6 Å². The number of benzene rings is 1. The van der Waals surface area contributed by atoms with Crippen LogP contribution in [0.1, 0.15) is 29.3 Å². The highest BCUT2D eigenvalue weighted by Gasteiger charge is 2.41. The van der Waals surface area contributed by atoms with Crippen molar-refractivity contribution in [3.05, 3.63) is 71.0 Å². The van der Waals surface area contributed by atoms with Crippen molar-refractivity contribution in [3.63, 3.8) is 0 Å². The Hall–Kier alpha value is -2.76. The van der Waals surface area contributed by atoms with E-state index in [1.54, 1.807) is 43.9 Å². The second kappa shape index (κ2) is 7.42. The van der Waals surface area contributed by atoms with E-state index >= 15 is 0 Å². The summed E-state index contributed by atoms with van der Waals surface area (Å²) >= 11 is 0. The second-order valence-corrected chi connectivity index (χ2v) is 6.03. The lowest BCUT2D eigenvalue weighted by Crippen LogP contribution is -1.96. The summed E-state index contributed by atoms with van der Waals surface area (Å²) in [5.74, 6) is -0.638. The summed E-state index contributed by atoms with van der Waals surface area (Å²) in [6.45, 7) is 5.44. The molecule has 3 rings (SSSR count). The van der Waals surface area contributed by atoms with Gasteiger partial charge >= 0.3 is 0 Å². The van der Waals surface area contributed by atoms with Gasteiger partial charge < -0.3 is 0 Å². The van der Waals surface area contributed by atoms with Gasteiger partial charge in [0.05, 0.1) is 6.54 Å². The van der Waals surface area contributed by atoms with Gasteiger partial charge in [-0.15, -0.1) is 0 Å².